The van der Waals surface area contributed by atoms with Crippen molar-refractivity contribution in [2.75, 3.05) is 23.9 Å². The molecule has 3 aromatic rings. The summed E-state index contributed by atoms with van der Waals surface area (Å²) in [5, 5.41) is 10.3. The predicted molar refractivity (Wildman–Crippen MR) is 121 cm³/mol. The third-order valence-electron chi connectivity index (χ3n) is 5.52. The summed E-state index contributed by atoms with van der Waals surface area (Å²) in [6, 6.07) is 20.2. The molecule has 2 aromatic carbocycles. The lowest BCUT2D eigenvalue weighted by Gasteiger charge is -2.23. The molecule has 2 aliphatic rings. The number of para-hydroxylation sites is 1. The monoisotopic (exact) mass is 417 g/mol. The predicted octanol–water partition coefficient (Wildman–Crippen LogP) is 4.08. The van der Waals surface area contributed by atoms with Crippen LogP contribution in [0, 0.1) is 0 Å². The zero-order valence-corrected chi connectivity index (χ0v) is 17.6. The molecule has 1 atom stereocenters. The Morgan fingerprint density at radius 1 is 1.10 bits per heavy atom. The van der Waals surface area contributed by atoms with Gasteiger partial charge in [0.2, 0.25) is 0 Å². The minimum absolute atomic E-state index is 0.00694. The molecule has 5 rings (SSSR count). The van der Waals surface area contributed by atoms with E-state index in [4.69, 9.17) is 5.10 Å². The van der Waals surface area contributed by atoms with Crippen molar-refractivity contribution >= 4 is 33.8 Å². The third-order valence-corrected chi connectivity index (χ3v) is 6.52. The highest BCUT2D eigenvalue weighted by atomic mass is 32.1. The molecule has 1 N–H and O–H groups in total. The number of aromatic nitrogens is 1. The number of fused-ring (bicyclic) bond motifs is 1. The van der Waals surface area contributed by atoms with Crippen LogP contribution < -0.4 is 10.3 Å². The highest BCUT2D eigenvalue weighted by molar-refractivity contribution is 7.16. The molecule has 0 saturated heterocycles. The van der Waals surface area contributed by atoms with Crippen LogP contribution in [-0.4, -0.2) is 35.1 Å². The lowest BCUT2D eigenvalue weighted by atomic mass is 10.0. The SMILES string of the molecule is CN1CCc2nc(NC(=O)C3=NN(c4ccccc4)[C@@H](c4ccccc4)C3)sc2C1. The molecule has 0 saturated carbocycles. The van der Waals surface area contributed by atoms with Gasteiger partial charge in [0.25, 0.3) is 5.91 Å². The van der Waals surface area contributed by atoms with Crippen LogP contribution in [0.5, 0.6) is 0 Å². The van der Waals surface area contributed by atoms with Gasteiger partial charge in [-0.25, -0.2) is 4.98 Å². The lowest BCUT2D eigenvalue weighted by molar-refractivity contribution is -0.110. The molecule has 0 radical (unpaired) electrons. The minimum atomic E-state index is -0.172. The fourth-order valence-electron chi connectivity index (χ4n) is 3.95. The Bertz CT molecular complexity index is 1080. The van der Waals surface area contributed by atoms with E-state index in [9.17, 15) is 4.79 Å². The second-order valence-electron chi connectivity index (χ2n) is 7.69. The van der Waals surface area contributed by atoms with Gasteiger partial charge in [-0.1, -0.05) is 48.5 Å². The van der Waals surface area contributed by atoms with Crippen LogP contribution in [0.3, 0.4) is 0 Å². The molecule has 0 aliphatic carbocycles. The average Bonchev–Trinajstić information content (AvgIpc) is 3.39. The van der Waals surface area contributed by atoms with Crippen LogP contribution in [0.4, 0.5) is 10.8 Å². The van der Waals surface area contributed by atoms with Crippen LogP contribution in [0.2, 0.25) is 0 Å². The standard InChI is InChI=1S/C23H23N5OS/c1-27-13-12-18-21(15-27)30-23(24-18)25-22(29)19-14-20(16-8-4-2-5-9-16)28(26-19)17-10-6-3-7-11-17/h2-11,20H,12-15H2,1H3,(H,24,25,29)/t20-/m1/s1. The number of carbonyl (C=O) groups excluding carboxylic acids is 1. The molecule has 0 fully saturated rings. The van der Waals surface area contributed by atoms with Gasteiger partial charge < -0.3 is 4.90 Å². The van der Waals surface area contributed by atoms with Gasteiger partial charge in [0, 0.05) is 30.8 Å². The number of hydrogen-bond donors (Lipinski definition) is 1. The summed E-state index contributed by atoms with van der Waals surface area (Å²) in [5.41, 5.74) is 3.75. The van der Waals surface area contributed by atoms with Crippen LogP contribution in [0.1, 0.15) is 28.6 Å². The molecular formula is C23H23N5OS. The first-order valence-electron chi connectivity index (χ1n) is 10.1. The Hall–Kier alpha value is -3.03. The number of benzene rings is 2. The molecule has 0 spiro atoms. The molecule has 0 unspecified atom stereocenters. The second kappa shape index (κ2) is 8.01. The van der Waals surface area contributed by atoms with Gasteiger partial charge in [0.15, 0.2) is 5.13 Å². The van der Waals surface area contributed by atoms with E-state index in [2.05, 4.69) is 34.4 Å². The van der Waals surface area contributed by atoms with Gasteiger partial charge >= 0.3 is 0 Å². The number of rotatable bonds is 4. The second-order valence-corrected chi connectivity index (χ2v) is 8.77. The van der Waals surface area contributed by atoms with Crippen LogP contribution in [0.15, 0.2) is 65.8 Å². The normalized spacial score (nSPS) is 18.8. The van der Waals surface area contributed by atoms with Crippen molar-refractivity contribution in [3.05, 3.63) is 76.8 Å². The van der Waals surface area contributed by atoms with E-state index >= 15 is 0 Å². The fraction of sp³-hybridized carbons (Fsp3) is 0.261. The Morgan fingerprint density at radius 2 is 1.83 bits per heavy atom. The number of anilines is 2. The average molecular weight is 418 g/mol. The van der Waals surface area contributed by atoms with Gasteiger partial charge in [-0.15, -0.1) is 11.3 Å². The van der Waals surface area contributed by atoms with Crippen LogP contribution in [0.25, 0.3) is 0 Å². The topological polar surface area (TPSA) is 60.8 Å². The number of amides is 1. The number of nitrogens with one attached hydrogen (secondary N) is 1. The Kier molecular flexibility index (Phi) is 5.06. The maximum Gasteiger partial charge on any atom is 0.273 e. The summed E-state index contributed by atoms with van der Waals surface area (Å²) in [7, 11) is 2.11. The van der Waals surface area contributed by atoms with Gasteiger partial charge in [0.1, 0.15) is 5.71 Å². The number of carbonyl (C=O) groups is 1. The first-order valence-corrected chi connectivity index (χ1v) is 10.9. The largest absolute Gasteiger partial charge is 0.301 e. The van der Waals surface area contributed by atoms with Crippen LogP contribution >= 0.6 is 11.3 Å². The molecule has 152 valence electrons. The smallest absolute Gasteiger partial charge is 0.273 e. The Labute approximate surface area is 179 Å². The quantitative estimate of drug-likeness (QED) is 0.695. The van der Waals surface area contributed by atoms with Crippen molar-refractivity contribution in [2.45, 2.75) is 25.4 Å². The fourth-order valence-corrected chi connectivity index (χ4v) is 5.03. The zero-order chi connectivity index (χ0) is 20.5. The number of thiazole rings is 1. The highest BCUT2D eigenvalue weighted by Crippen LogP contribution is 2.35. The van der Waals surface area contributed by atoms with Crippen molar-refractivity contribution in [1.82, 2.24) is 9.88 Å². The van der Waals surface area contributed by atoms with E-state index in [-0.39, 0.29) is 11.9 Å². The third kappa shape index (κ3) is 3.74. The molecular weight excluding hydrogens is 394 g/mol. The van der Waals surface area contributed by atoms with Crippen molar-refractivity contribution in [2.24, 2.45) is 5.10 Å². The summed E-state index contributed by atoms with van der Waals surface area (Å²) in [6.45, 7) is 1.89. The lowest BCUT2D eigenvalue weighted by Crippen LogP contribution is -2.25. The molecule has 6 nitrogen and oxygen atoms in total. The van der Waals surface area contributed by atoms with E-state index in [1.54, 1.807) is 11.3 Å². The molecule has 1 aromatic heterocycles. The van der Waals surface area contributed by atoms with Crippen molar-refractivity contribution < 1.29 is 4.79 Å². The van der Waals surface area contributed by atoms with E-state index in [1.165, 1.54) is 4.88 Å². The number of hydrogen-bond acceptors (Lipinski definition) is 6. The summed E-state index contributed by atoms with van der Waals surface area (Å²) < 4.78 is 0. The van der Waals surface area contributed by atoms with E-state index in [0.29, 0.717) is 17.3 Å². The van der Waals surface area contributed by atoms with E-state index < -0.39 is 0 Å². The molecule has 2 aliphatic heterocycles. The summed E-state index contributed by atoms with van der Waals surface area (Å²) in [4.78, 5) is 21.2. The van der Waals surface area contributed by atoms with Crippen molar-refractivity contribution in [3.63, 3.8) is 0 Å². The van der Waals surface area contributed by atoms with Gasteiger partial charge in [-0.3, -0.25) is 15.1 Å². The Morgan fingerprint density at radius 3 is 2.60 bits per heavy atom. The first-order chi connectivity index (χ1) is 14.7. The zero-order valence-electron chi connectivity index (χ0n) is 16.8. The van der Waals surface area contributed by atoms with Crippen molar-refractivity contribution in [1.29, 1.82) is 0 Å². The van der Waals surface area contributed by atoms with Gasteiger partial charge in [-0.05, 0) is 24.7 Å². The van der Waals surface area contributed by atoms with Crippen molar-refractivity contribution in [3.8, 4) is 0 Å². The number of nitrogens with zero attached hydrogens (tertiary/aromatic N) is 4. The number of likely N-dealkylation sites (N-methyl/N-ethyl adjacent to an activating group) is 1. The molecule has 30 heavy (non-hydrogen) atoms. The van der Waals surface area contributed by atoms with Crippen LogP contribution in [-0.2, 0) is 17.8 Å². The Balaban J connectivity index is 1.39. The minimum Gasteiger partial charge on any atom is -0.301 e. The van der Waals surface area contributed by atoms with E-state index in [0.717, 1.165) is 36.5 Å². The number of hydrazone groups is 1. The maximum atomic E-state index is 13.0. The first kappa shape index (κ1) is 19.0. The van der Waals surface area contributed by atoms with E-state index in [1.807, 2.05) is 53.5 Å². The molecule has 3 heterocycles. The molecule has 0 bridgehead atoms. The van der Waals surface area contributed by atoms with Gasteiger partial charge in [-0.2, -0.15) is 5.10 Å². The summed E-state index contributed by atoms with van der Waals surface area (Å²) >= 11 is 1.57. The maximum absolute atomic E-state index is 13.0. The summed E-state index contributed by atoms with van der Waals surface area (Å²) in [6.07, 6.45) is 1.48. The molecule has 1 amide bonds. The molecule has 7 heteroatoms. The van der Waals surface area contributed by atoms with Gasteiger partial charge in [0.05, 0.1) is 17.4 Å². The highest BCUT2D eigenvalue weighted by Gasteiger charge is 2.32. The summed E-state index contributed by atoms with van der Waals surface area (Å²) in [5.74, 6) is -0.172.